The van der Waals surface area contributed by atoms with Gasteiger partial charge in [-0.1, -0.05) is 13.0 Å². The molecule has 0 radical (unpaired) electrons. The first-order chi connectivity index (χ1) is 10.1. The van der Waals surface area contributed by atoms with Crippen molar-refractivity contribution >= 4 is 11.2 Å². The van der Waals surface area contributed by atoms with E-state index in [9.17, 15) is 9.59 Å². The summed E-state index contributed by atoms with van der Waals surface area (Å²) in [4.78, 5) is 37.8. The normalized spacial score (nSPS) is 11.1. The van der Waals surface area contributed by atoms with Gasteiger partial charge in [0, 0.05) is 12.7 Å². The first kappa shape index (κ1) is 13.3. The zero-order valence-electron chi connectivity index (χ0n) is 11.8. The lowest BCUT2D eigenvalue weighted by molar-refractivity contribution is 0.653. The number of aromatic nitrogens is 5. The SMILES string of the molecule is CCCn1c(=O)[nH]c(=O)c2[nH]c(-c3ncccc3C)nc21. The van der Waals surface area contributed by atoms with E-state index < -0.39 is 11.2 Å². The van der Waals surface area contributed by atoms with Crippen molar-refractivity contribution in [2.45, 2.75) is 26.8 Å². The Balaban J connectivity index is 2.32. The minimum absolute atomic E-state index is 0.295. The monoisotopic (exact) mass is 285 g/mol. The predicted molar refractivity (Wildman–Crippen MR) is 79.2 cm³/mol. The van der Waals surface area contributed by atoms with Crippen molar-refractivity contribution in [2.24, 2.45) is 0 Å². The standard InChI is InChI=1S/C14H15N5O2/c1-3-7-19-12-10(13(20)18-14(19)21)16-11(17-12)9-8(2)5-4-6-15-9/h4-6H,3,7H2,1-2H3,(H,16,17)(H,18,20,21). The van der Waals surface area contributed by atoms with E-state index in [1.807, 2.05) is 26.0 Å². The molecule has 7 nitrogen and oxygen atoms in total. The van der Waals surface area contributed by atoms with Gasteiger partial charge in [0.2, 0.25) is 0 Å². The van der Waals surface area contributed by atoms with Crippen LogP contribution < -0.4 is 11.2 Å². The predicted octanol–water partition coefficient (Wildman–Crippen LogP) is 1.19. The van der Waals surface area contributed by atoms with Crippen LogP contribution in [-0.2, 0) is 6.54 Å². The van der Waals surface area contributed by atoms with Crippen molar-refractivity contribution in [3.63, 3.8) is 0 Å². The molecule has 7 heteroatoms. The molecule has 0 aliphatic heterocycles. The van der Waals surface area contributed by atoms with E-state index in [4.69, 9.17) is 0 Å². The van der Waals surface area contributed by atoms with Crippen LogP contribution in [-0.4, -0.2) is 24.5 Å². The summed E-state index contributed by atoms with van der Waals surface area (Å²) in [6.07, 6.45) is 2.44. The van der Waals surface area contributed by atoms with Gasteiger partial charge >= 0.3 is 5.69 Å². The van der Waals surface area contributed by atoms with Gasteiger partial charge in [-0.3, -0.25) is 19.3 Å². The maximum Gasteiger partial charge on any atom is 0.330 e. The highest BCUT2D eigenvalue weighted by atomic mass is 16.2. The van der Waals surface area contributed by atoms with Crippen LogP contribution in [0.3, 0.4) is 0 Å². The van der Waals surface area contributed by atoms with Crippen molar-refractivity contribution in [1.29, 1.82) is 0 Å². The average molecular weight is 285 g/mol. The summed E-state index contributed by atoms with van der Waals surface area (Å²) in [6, 6.07) is 3.75. The fourth-order valence-electron chi connectivity index (χ4n) is 2.32. The number of nitrogens with one attached hydrogen (secondary N) is 2. The van der Waals surface area contributed by atoms with Crippen LogP contribution in [0.5, 0.6) is 0 Å². The first-order valence-electron chi connectivity index (χ1n) is 6.76. The molecule has 0 amide bonds. The molecule has 0 bridgehead atoms. The molecule has 3 heterocycles. The van der Waals surface area contributed by atoms with Crippen LogP contribution >= 0.6 is 0 Å². The second kappa shape index (κ2) is 5.01. The largest absolute Gasteiger partial charge is 0.331 e. The van der Waals surface area contributed by atoms with Gasteiger partial charge in [0.25, 0.3) is 5.56 Å². The molecule has 3 rings (SSSR count). The molecule has 0 fully saturated rings. The Morgan fingerprint density at radius 1 is 1.29 bits per heavy atom. The molecule has 0 unspecified atom stereocenters. The quantitative estimate of drug-likeness (QED) is 0.755. The Morgan fingerprint density at radius 3 is 2.81 bits per heavy atom. The van der Waals surface area contributed by atoms with Gasteiger partial charge < -0.3 is 4.98 Å². The summed E-state index contributed by atoms with van der Waals surface area (Å²) in [5.41, 5.74) is 1.37. The van der Waals surface area contributed by atoms with E-state index in [1.165, 1.54) is 4.57 Å². The maximum absolute atomic E-state index is 11.9. The highest BCUT2D eigenvalue weighted by Crippen LogP contribution is 2.19. The molecular weight excluding hydrogens is 270 g/mol. The Hall–Kier alpha value is -2.70. The van der Waals surface area contributed by atoms with Gasteiger partial charge in [-0.05, 0) is 25.0 Å². The summed E-state index contributed by atoms with van der Waals surface area (Å²) in [6.45, 7) is 4.37. The molecule has 0 aliphatic rings. The van der Waals surface area contributed by atoms with Crippen molar-refractivity contribution in [2.75, 3.05) is 0 Å². The van der Waals surface area contributed by atoms with Crippen molar-refractivity contribution in [3.05, 3.63) is 44.7 Å². The van der Waals surface area contributed by atoms with Crippen LogP contribution in [0.25, 0.3) is 22.7 Å². The Kier molecular flexibility index (Phi) is 3.17. The van der Waals surface area contributed by atoms with Gasteiger partial charge in [0.05, 0.1) is 0 Å². The zero-order chi connectivity index (χ0) is 15.0. The van der Waals surface area contributed by atoms with Crippen molar-refractivity contribution in [1.82, 2.24) is 24.5 Å². The number of pyridine rings is 1. The Morgan fingerprint density at radius 2 is 2.10 bits per heavy atom. The Bertz CT molecular complexity index is 919. The summed E-state index contributed by atoms with van der Waals surface area (Å²) in [7, 11) is 0. The molecule has 0 atom stereocenters. The third-order valence-corrected chi connectivity index (χ3v) is 3.31. The van der Waals surface area contributed by atoms with Gasteiger partial charge in [0.15, 0.2) is 11.5 Å². The highest BCUT2D eigenvalue weighted by molar-refractivity contribution is 5.75. The van der Waals surface area contributed by atoms with Gasteiger partial charge in [-0.25, -0.2) is 9.78 Å². The Labute approximate surface area is 119 Å². The number of fused-ring (bicyclic) bond motifs is 1. The first-order valence-corrected chi connectivity index (χ1v) is 6.76. The minimum atomic E-state index is -0.463. The van der Waals surface area contributed by atoms with Crippen LogP contribution in [0.2, 0.25) is 0 Å². The number of H-pyrrole nitrogens is 2. The van der Waals surface area contributed by atoms with Crippen molar-refractivity contribution < 1.29 is 0 Å². The number of aromatic amines is 2. The molecule has 0 saturated carbocycles. The average Bonchev–Trinajstić information content (AvgIpc) is 2.89. The molecule has 0 aliphatic carbocycles. The molecule has 3 aromatic rings. The fraction of sp³-hybridized carbons (Fsp3) is 0.286. The number of nitrogens with zero attached hydrogens (tertiary/aromatic N) is 3. The maximum atomic E-state index is 11.9. The van der Waals surface area contributed by atoms with Gasteiger partial charge in [0.1, 0.15) is 11.2 Å². The lowest BCUT2D eigenvalue weighted by Gasteiger charge is -2.02. The van der Waals surface area contributed by atoms with Gasteiger partial charge in [-0.2, -0.15) is 0 Å². The van der Waals surface area contributed by atoms with E-state index in [0.717, 1.165) is 12.0 Å². The summed E-state index contributed by atoms with van der Waals surface area (Å²) < 4.78 is 1.47. The van der Waals surface area contributed by atoms with E-state index in [-0.39, 0.29) is 0 Å². The summed E-state index contributed by atoms with van der Waals surface area (Å²) >= 11 is 0. The van der Waals surface area contributed by atoms with E-state index >= 15 is 0 Å². The second-order valence-corrected chi connectivity index (χ2v) is 4.86. The molecule has 21 heavy (non-hydrogen) atoms. The smallest absolute Gasteiger partial charge is 0.330 e. The third kappa shape index (κ3) is 2.16. The third-order valence-electron chi connectivity index (χ3n) is 3.31. The number of hydrogen-bond acceptors (Lipinski definition) is 4. The molecule has 3 aromatic heterocycles. The minimum Gasteiger partial charge on any atom is -0.331 e. The molecular formula is C14H15N5O2. The number of imidazole rings is 1. The van der Waals surface area contributed by atoms with Crippen molar-refractivity contribution in [3.8, 4) is 11.5 Å². The summed E-state index contributed by atoms with van der Waals surface area (Å²) in [5, 5.41) is 0. The highest BCUT2D eigenvalue weighted by Gasteiger charge is 2.15. The van der Waals surface area contributed by atoms with Crippen LogP contribution in [0, 0.1) is 6.92 Å². The number of aryl methyl sites for hydroxylation is 2. The van der Waals surface area contributed by atoms with E-state index in [1.54, 1.807) is 6.20 Å². The topological polar surface area (TPSA) is 96.4 Å². The zero-order valence-corrected chi connectivity index (χ0v) is 11.8. The lowest BCUT2D eigenvalue weighted by atomic mass is 10.2. The lowest BCUT2D eigenvalue weighted by Crippen LogP contribution is -2.30. The summed E-state index contributed by atoms with van der Waals surface area (Å²) in [5.74, 6) is 0.490. The molecule has 0 saturated heterocycles. The molecule has 2 N–H and O–H groups in total. The number of hydrogen-bond donors (Lipinski definition) is 2. The number of rotatable bonds is 3. The fourth-order valence-corrected chi connectivity index (χ4v) is 2.32. The van der Waals surface area contributed by atoms with Gasteiger partial charge in [-0.15, -0.1) is 0 Å². The molecule has 108 valence electrons. The van der Waals surface area contributed by atoms with Crippen LogP contribution in [0.1, 0.15) is 18.9 Å². The second-order valence-electron chi connectivity index (χ2n) is 4.86. The molecule has 0 spiro atoms. The van der Waals surface area contributed by atoms with E-state index in [0.29, 0.717) is 29.2 Å². The van der Waals surface area contributed by atoms with Crippen LogP contribution in [0.4, 0.5) is 0 Å². The molecule has 0 aromatic carbocycles. The van der Waals surface area contributed by atoms with E-state index in [2.05, 4.69) is 19.9 Å². The van der Waals surface area contributed by atoms with Crippen LogP contribution in [0.15, 0.2) is 27.9 Å².